The van der Waals surface area contributed by atoms with Crippen molar-refractivity contribution in [2.75, 3.05) is 0 Å². The summed E-state index contributed by atoms with van der Waals surface area (Å²) in [4.78, 5) is 0.297. The smallest absolute Gasteiger partial charge is 0.208 e. The van der Waals surface area contributed by atoms with Crippen LogP contribution in [0.1, 0.15) is 19.4 Å². The predicted octanol–water partition coefficient (Wildman–Crippen LogP) is 2.48. The van der Waals surface area contributed by atoms with Gasteiger partial charge in [0.1, 0.15) is 0 Å². The molecule has 94 valence electrons. The van der Waals surface area contributed by atoms with Crippen LogP contribution in [0.15, 0.2) is 41.8 Å². The molecule has 2 atom stereocenters. The van der Waals surface area contributed by atoms with Crippen LogP contribution in [-0.2, 0) is 10.0 Å². The fourth-order valence-electron chi connectivity index (χ4n) is 1.34. The third kappa shape index (κ3) is 3.68. The van der Waals surface area contributed by atoms with Gasteiger partial charge >= 0.3 is 0 Å². The van der Waals surface area contributed by atoms with Gasteiger partial charge in [-0.1, -0.05) is 30.7 Å². The summed E-state index contributed by atoms with van der Waals surface area (Å²) in [5, 5.41) is 0. The summed E-state index contributed by atoms with van der Waals surface area (Å²) in [5.41, 5.74) is 1.04. The van der Waals surface area contributed by atoms with E-state index < -0.39 is 10.0 Å². The number of hydrogen-bond donors (Lipinski definition) is 1. The van der Waals surface area contributed by atoms with Gasteiger partial charge in [0.05, 0.1) is 4.90 Å². The van der Waals surface area contributed by atoms with Crippen LogP contribution in [-0.4, -0.2) is 14.5 Å². The quantitative estimate of drug-likeness (QED) is 0.819. The lowest BCUT2D eigenvalue weighted by Gasteiger charge is -2.18. The van der Waals surface area contributed by atoms with E-state index in [0.717, 1.165) is 5.56 Å². The molecule has 0 aromatic heterocycles. The fraction of sp³-hybridized carbons (Fsp3) is 0.385. The minimum Gasteiger partial charge on any atom is -0.208 e. The second-order valence-corrected chi connectivity index (χ2v) is 6.03. The Kier molecular flexibility index (Phi) is 4.48. The molecule has 1 N–H and O–H groups in total. The van der Waals surface area contributed by atoms with Crippen LogP contribution in [0.4, 0.5) is 0 Å². The molecular formula is C13H19NO2S. The number of benzene rings is 1. The van der Waals surface area contributed by atoms with Crippen molar-refractivity contribution in [3.63, 3.8) is 0 Å². The maximum Gasteiger partial charge on any atom is 0.240 e. The van der Waals surface area contributed by atoms with Crippen molar-refractivity contribution in [2.24, 2.45) is 5.92 Å². The van der Waals surface area contributed by atoms with E-state index in [0.29, 0.717) is 4.90 Å². The van der Waals surface area contributed by atoms with Gasteiger partial charge in [0.15, 0.2) is 0 Å². The van der Waals surface area contributed by atoms with E-state index in [1.54, 1.807) is 30.3 Å². The molecule has 0 aliphatic carbocycles. The second kappa shape index (κ2) is 5.47. The van der Waals surface area contributed by atoms with Gasteiger partial charge in [-0.05, 0) is 31.9 Å². The molecule has 0 saturated carbocycles. The highest BCUT2D eigenvalue weighted by Gasteiger charge is 2.19. The Morgan fingerprint density at radius 1 is 1.24 bits per heavy atom. The molecule has 1 aromatic carbocycles. The third-order valence-corrected chi connectivity index (χ3v) is 4.41. The van der Waals surface area contributed by atoms with E-state index in [4.69, 9.17) is 0 Å². The average Bonchev–Trinajstić information content (AvgIpc) is 2.27. The van der Waals surface area contributed by atoms with Crippen molar-refractivity contribution in [3.8, 4) is 0 Å². The van der Waals surface area contributed by atoms with Crippen LogP contribution in [0.2, 0.25) is 0 Å². The molecular weight excluding hydrogens is 234 g/mol. The summed E-state index contributed by atoms with van der Waals surface area (Å²) in [6.07, 6.45) is 1.74. The summed E-state index contributed by atoms with van der Waals surface area (Å²) >= 11 is 0. The largest absolute Gasteiger partial charge is 0.240 e. The zero-order chi connectivity index (χ0) is 13.1. The number of aryl methyl sites for hydroxylation is 1. The number of nitrogens with one attached hydrogen (secondary N) is 1. The molecule has 0 unspecified atom stereocenters. The zero-order valence-electron chi connectivity index (χ0n) is 10.5. The van der Waals surface area contributed by atoms with Gasteiger partial charge < -0.3 is 0 Å². The highest BCUT2D eigenvalue weighted by molar-refractivity contribution is 7.89. The third-order valence-electron chi connectivity index (χ3n) is 2.83. The Morgan fingerprint density at radius 3 is 2.24 bits per heavy atom. The van der Waals surface area contributed by atoms with Crippen LogP contribution in [0.3, 0.4) is 0 Å². The lowest BCUT2D eigenvalue weighted by Crippen LogP contribution is -2.36. The summed E-state index contributed by atoms with van der Waals surface area (Å²) in [6.45, 7) is 9.34. The topological polar surface area (TPSA) is 46.2 Å². The molecule has 0 spiro atoms. The van der Waals surface area contributed by atoms with Crippen LogP contribution in [0.5, 0.6) is 0 Å². The Bertz CT molecular complexity index is 477. The Labute approximate surface area is 104 Å². The van der Waals surface area contributed by atoms with E-state index in [-0.39, 0.29) is 12.0 Å². The van der Waals surface area contributed by atoms with E-state index in [9.17, 15) is 8.42 Å². The summed E-state index contributed by atoms with van der Waals surface area (Å²) < 4.78 is 26.7. The maximum atomic E-state index is 12.0. The Hall–Kier alpha value is -1.13. The molecule has 0 fully saturated rings. The first-order chi connectivity index (χ1) is 7.86. The van der Waals surface area contributed by atoms with Crippen LogP contribution in [0.25, 0.3) is 0 Å². The lowest BCUT2D eigenvalue weighted by molar-refractivity contribution is 0.510. The van der Waals surface area contributed by atoms with E-state index >= 15 is 0 Å². The molecule has 0 saturated heterocycles. The lowest BCUT2D eigenvalue weighted by atomic mass is 10.1. The predicted molar refractivity (Wildman–Crippen MR) is 70.3 cm³/mol. The van der Waals surface area contributed by atoms with Gasteiger partial charge in [0.2, 0.25) is 10.0 Å². The summed E-state index contributed by atoms with van der Waals surface area (Å²) in [6, 6.07) is 6.64. The molecule has 17 heavy (non-hydrogen) atoms. The van der Waals surface area contributed by atoms with E-state index in [1.807, 2.05) is 20.8 Å². The molecule has 0 heterocycles. The molecule has 0 aliphatic rings. The summed E-state index contributed by atoms with van der Waals surface area (Å²) in [7, 11) is -3.43. The standard InChI is InChI=1S/C13H19NO2S/c1-5-11(3)12(4)14-17(15,16)13-8-6-10(2)7-9-13/h5-9,11-12,14H,1H2,2-4H3/t11-,12+/m0/s1. The molecule has 0 amide bonds. The second-order valence-electron chi connectivity index (χ2n) is 4.32. The minimum absolute atomic E-state index is 0.0928. The van der Waals surface area contributed by atoms with Gasteiger partial charge in [-0.15, -0.1) is 6.58 Å². The number of sulfonamides is 1. The molecule has 4 heteroatoms. The first kappa shape index (κ1) is 13.9. The zero-order valence-corrected chi connectivity index (χ0v) is 11.3. The number of rotatable bonds is 5. The normalized spacial score (nSPS) is 15.2. The van der Waals surface area contributed by atoms with Gasteiger partial charge in [-0.2, -0.15) is 0 Å². The molecule has 3 nitrogen and oxygen atoms in total. The molecule has 0 radical (unpaired) electrons. The highest BCUT2D eigenvalue weighted by Crippen LogP contribution is 2.12. The van der Waals surface area contributed by atoms with Gasteiger partial charge in [-0.3, -0.25) is 0 Å². The summed E-state index contributed by atoms with van der Waals surface area (Å²) in [5.74, 6) is 0.0928. The van der Waals surface area contributed by atoms with Crippen molar-refractivity contribution >= 4 is 10.0 Å². The highest BCUT2D eigenvalue weighted by atomic mass is 32.2. The first-order valence-electron chi connectivity index (χ1n) is 5.58. The van der Waals surface area contributed by atoms with Crippen LogP contribution >= 0.6 is 0 Å². The van der Waals surface area contributed by atoms with Crippen molar-refractivity contribution in [1.82, 2.24) is 4.72 Å². The van der Waals surface area contributed by atoms with Gasteiger partial charge in [-0.25, -0.2) is 13.1 Å². The minimum atomic E-state index is -3.43. The van der Waals surface area contributed by atoms with E-state index in [2.05, 4.69) is 11.3 Å². The van der Waals surface area contributed by atoms with Crippen molar-refractivity contribution in [3.05, 3.63) is 42.5 Å². The Balaban J connectivity index is 2.89. The van der Waals surface area contributed by atoms with Crippen molar-refractivity contribution in [2.45, 2.75) is 31.7 Å². The molecule has 1 aromatic rings. The van der Waals surface area contributed by atoms with Crippen LogP contribution in [0, 0.1) is 12.8 Å². The van der Waals surface area contributed by atoms with Gasteiger partial charge in [0, 0.05) is 6.04 Å². The SMILES string of the molecule is C=C[C@H](C)[C@@H](C)NS(=O)(=O)c1ccc(C)cc1. The average molecular weight is 253 g/mol. The fourth-order valence-corrected chi connectivity index (χ4v) is 2.68. The van der Waals surface area contributed by atoms with Crippen LogP contribution < -0.4 is 4.72 Å². The molecule has 0 aliphatic heterocycles. The molecule has 1 rings (SSSR count). The first-order valence-corrected chi connectivity index (χ1v) is 7.06. The Morgan fingerprint density at radius 2 is 1.76 bits per heavy atom. The molecule has 0 bridgehead atoms. The van der Waals surface area contributed by atoms with Gasteiger partial charge in [0.25, 0.3) is 0 Å². The maximum absolute atomic E-state index is 12.0. The monoisotopic (exact) mass is 253 g/mol. The van der Waals surface area contributed by atoms with E-state index in [1.165, 1.54) is 0 Å². The van der Waals surface area contributed by atoms with Crippen molar-refractivity contribution < 1.29 is 8.42 Å². The van der Waals surface area contributed by atoms with Crippen molar-refractivity contribution in [1.29, 1.82) is 0 Å². The number of hydrogen-bond acceptors (Lipinski definition) is 2.